The Morgan fingerprint density at radius 3 is 2.26 bits per heavy atom. The topological polar surface area (TPSA) is 84.0 Å². The molecule has 0 N–H and O–H groups in total. The smallest absolute Gasteiger partial charge is 0.308 e. The van der Waals surface area contributed by atoms with E-state index in [-0.39, 0.29) is 24.1 Å². The fourth-order valence-electron chi connectivity index (χ4n) is 6.01. The van der Waals surface area contributed by atoms with E-state index in [0.29, 0.717) is 17.7 Å². The predicted octanol–water partition coefficient (Wildman–Crippen LogP) is 3.92. The molecule has 38 heavy (non-hydrogen) atoms. The average Bonchev–Trinajstić information content (AvgIpc) is 3.40. The van der Waals surface area contributed by atoms with Crippen LogP contribution in [0.3, 0.4) is 0 Å². The normalized spacial score (nSPS) is 23.2. The van der Waals surface area contributed by atoms with Gasteiger partial charge in [0.15, 0.2) is 5.78 Å². The number of likely N-dealkylation sites (tertiary alicyclic amines) is 1. The highest BCUT2D eigenvalue weighted by Gasteiger charge is 2.63. The van der Waals surface area contributed by atoms with Crippen molar-refractivity contribution in [3.63, 3.8) is 0 Å². The van der Waals surface area contributed by atoms with Crippen molar-refractivity contribution in [2.45, 2.75) is 25.4 Å². The van der Waals surface area contributed by atoms with Crippen molar-refractivity contribution in [3.8, 4) is 5.75 Å². The van der Waals surface area contributed by atoms with Crippen LogP contribution in [0.1, 0.15) is 28.4 Å². The number of ketones is 1. The van der Waals surface area contributed by atoms with Crippen LogP contribution in [-0.4, -0.2) is 47.1 Å². The first-order valence-corrected chi connectivity index (χ1v) is 12.7. The number of imide groups is 1. The van der Waals surface area contributed by atoms with E-state index in [9.17, 15) is 19.2 Å². The number of rotatable bonds is 6. The van der Waals surface area contributed by atoms with E-state index in [1.807, 2.05) is 71.6 Å². The number of carbonyl (C=O) groups excluding carboxylic acids is 4. The fourth-order valence-corrected chi connectivity index (χ4v) is 6.01. The lowest BCUT2D eigenvalue weighted by molar-refractivity contribution is -0.140. The second kappa shape index (κ2) is 9.41. The van der Waals surface area contributed by atoms with Crippen LogP contribution in [0, 0.1) is 11.8 Å². The zero-order valence-corrected chi connectivity index (χ0v) is 20.8. The first kappa shape index (κ1) is 23.9. The maximum absolute atomic E-state index is 14.1. The molecule has 3 aromatic rings. The van der Waals surface area contributed by atoms with Crippen LogP contribution >= 0.6 is 0 Å². The number of nitrogens with zero attached hydrogens (tertiary/aromatic N) is 2. The molecule has 0 spiro atoms. The Morgan fingerprint density at radius 2 is 1.53 bits per heavy atom. The van der Waals surface area contributed by atoms with Gasteiger partial charge in [0.1, 0.15) is 11.8 Å². The molecule has 2 amide bonds. The molecular weight excluding hydrogens is 480 g/mol. The number of para-hydroxylation sites is 1. The van der Waals surface area contributed by atoms with Crippen molar-refractivity contribution >= 4 is 35.3 Å². The molecule has 3 aliphatic heterocycles. The molecule has 7 heteroatoms. The van der Waals surface area contributed by atoms with Gasteiger partial charge < -0.3 is 9.64 Å². The van der Waals surface area contributed by atoms with Gasteiger partial charge in [-0.05, 0) is 47.9 Å². The molecule has 3 aromatic carbocycles. The monoisotopic (exact) mass is 506 g/mol. The van der Waals surface area contributed by atoms with Crippen LogP contribution in [-0.2, 0) is 20.8 Å². The summed E-state index contributed by atoms with van der Waals surface area (Å²) in [7, 11) is 0. The highest BCUT2D eigenvalue weighted by Crippen LogP contribution is 2.49. The van der Waals surface area contributed by atoms with Gasteiger partial charge in [0.25, 0.3) is 0 Å². The summed E-state index contributed by atoms with van der Waals surface area (Å²) in [4.78, 5) is 56.2. The standard InChI is InChI=1S/C31H26N2O5/c1-19(34)38-23-14-11-22(12-15-23)29(35)28-27-26(25-16-13-21-9-5-6-10-24(21)33(25)28)30(36)32(31(27)37)18-17-20-7-3-2-4-8-20/h2-16,25-28H,17-18H2,1H3/t25-,26-,27+,28-/m1/s1. The number of esters is 1. The summed E-state index contributed by atoms with van der Waals surface area (Å²) in [5, 5.41) is 0. The Kier molecular flexibility index (Phi) is 5.91. The van der Waals surface area contributed by atoms with Crippen LogP contribution < -0.4 is 9.64 Å². The third-order valence-corrected chi connectivity index (χ3v) is 7.64. The molecule has 6 rings (SSSR count). The number of carbonyl (C=O) groups is 4. The Balaban J connectivity index is 1.36. The summed E-state index contributed by atoms with van der Waals surface area (Å²) < 4.78 is 5.11. The number of fused-ring (bicyclic) bond motifs is 5. The van der Waals surface area contributed by atoms with Gasteiger partial charge >= 0.3 is 5.97 Å². The number of benzene rings is 3. The number of hydrogen-bond acceptors (Lipinski definition) is 6. The van der Waals surface area contributed by atoms with Gasteiger partial charge in [-0.2, -0.15) is 0 Å². The number of Topliss-reactive ketones (excluding diaryl/α,β-unsaturated/α-hetero) is 1. The van der Waals surface area contributed by atoms with E-state index in [0.717, 1.165) is 16.8 Å². The Bertz CT molecular complexity index is 1460. The summed E-state index contributed by atoms with van der Waals surface area (Å²) in [5.41, 5.74) is 3.20. The number of hydrogen-bond donors (Lipinski definition) is 0. The molecule has 3 heterocycles. The molecule has 0 bridgehead atoms. The van der Waals surface area contributed by atoms with Gasteiger partial charge in [0.2, 0.25) is 11.8 Å². The van der Waals surface area contributed by atoms with E-state index < -0.39 is 29.9 Å². The SMILES string of the molecule is CC(=O)Oc1ccc(C(=O)[C@H]2[C@H]3C(=O)N(CCc4ccccc4)C(=O)[C@@H]3[C@H]3C=Cc4ccccc4N32)cc1. The summed E-state index contributed by atoms with van der Waals surface area (Å²) in [5.74, 6) is -2.32. The van der Waals surface area contributed by atoms with E-state index in [4.69, 9.17) is 4.74 Å². The third-order valence-electron chi connectivity index (χ3n) is 7.64. The molecular formula is C31H26N2O5. The predicted molar refractivity (Wildman–Crippen MR) is 141 cm³/mol. The van der Waals surface area contributed by atoms with E-state index >= 15 is 0 Å². The van der Waals surface area contributed by atoms with Gasteiger partial charge in [0.05, 0.1) is 17.9 Å². The molecule has 0 saturated carbocycles. The van der Waals surface area contributed by atoms with Gasteiger partial charge in [-0.3, -0.25) is 24.1 Å². The average molecular weight is 507 g/mol. The van der Waals surface area contributed by atoms with Crippen molar-refractivity contribution < 1.29 is 23.9 Å². The number of ether oxygens (including phenoxy) is 1. The number of anilines is 1. The molecule has 0 unspecified atom stereocenters. The third kappa shape index (κ3) is 3.91. The molecule has 2 saturated heterocycles. The second-order valence-corrected chi connectivity index (χ2v) is 9.86. The lowest BCUT2D eigenvalue weighted by Gasteiger charge is -2.36. The zero-order chi connectivity index (χ0) is 26.4. The molecule has 0 radical (unpaired) electrons. The molecule has 7 nitrogen and oxygen atoms in total. The Morgan fingerprint density at radius 1 is 0.842 bits per heavy atom. The molecule has 3 aliphatic rings. The summed E-state index contributed by atoms with van der Waals surface area (Å²) >= 11 is 0. The van der Waals surface area contributed by atoms with Crippen molar-refractivity contribution in [3.05, 3.63) is 102 Å². The lowest BCUT2D eigenvalue weighted by Crippen LogP contribution is -2.49. The Labute approximate surface area is 220 Å². The molecule has 2 fully saturated rings. The van der Waals surface area contributed by atoms with Gasteiger partial charge in [-0.15, -0.1) is 0 Å². The summed E-state index contributed by atoms with van der Waals surface area (Å²) in [6.07, 6.45) is 4.47. The minimum Gasteiger partial charge on any atom is -0.427 e. The van der Waals surface area contributed by atoms with Crippen molar-refractivity contribution in [1.29, 1.82) is 0 Å². The maximum Gasteiger partial charge on any atom is 0.308 e. The Hall–Kier alpha value is -4.52. The largest absolute Gasteiger partial charge is 0.427 e. The summed E-state index contributed by atoms with van der Waals surface area (Å²) in [6, 6.07) is 22.5. The first-order chi connectivity index (χ1) is 18.4. The molecule has 0 aliphatic carbocycles. The van der Waals surface area contributed by atoms with Crippen molar-refractivity contribution in [2.24, 2.45) is 11.8 Å². The highest BCUT2D eigenvalue weighted by atomic mass is 16.5. The molecule has 0 aromatic heterocycles. The van der Waals surface area contributed by atoms with Crippen LogP contribution in [0.2, 0.25) is 0 Å². The van der Waals surface area contributed by atoms with Crippen LogP contribution in [0.5, 0.6) is 5.75 Å². The first-order valence-electron chi connectivity index (χ1n) is 12.7. The van der Waals surface area contributed by atoms with E-state index in [2.05, 4.69) is 0 Å². The van der Waals surface area contributed by atoms with Gasteiger partial charge in [-0.25, -0.2) is 0 Å². The second-order valence-electron chi connectivity index (χ2n) is 9.86. The highest BCUT2D eigenvalue weighted by molar-refractivity contribution is 6.14. The zero-order valence-electron chi connectivity index (χ0n) is 20.8. The van der Waals surface area contributed by atoms with Crippen LogP contribution in [0.15, 0.2) is 84.9 Å². The summed E-state index contributed by atoms with van der Waals surface area (Å²) in [6.45, 7) is 1.59. The van der Waals surface area contributed by atoms with E-state index in [1.165, 1.54) is 11.8 Å². The lowest BCUT2D eigenvalue weighted by atomic mass is 9.86. The fraction of sp³-hybridized carbons (Fsp3) is 0.226. The minimum absolute atomic E-state index is 0.226. The van der Waals surface area contributed by atoms with Crippen LogP contribution in [0.25, 0.3) is 6.08 Å². The van der Waals surface area contributed by atoms with E-state index in [1.54, 1.807) is 24.3 Å². The minimum atomic E-state index is -0.839. The quantitative estimate of drug-likeness (QED) is 0.218. The van der Waals surface area contributed by atoms with Crippen molar-refractivity contribution in [1.82, 2.24) is 4.90 Å². The molecule has 4 atom stereocenters. The maximum atomic E-state index is 14.1. The number of amides is 2. The van der Waals surface area contributed by atoms with Crippen molar-refractivity contribution in [2.75, 3.05) is 11.4 Å². The van der Waals surface area contributed by atoms with Gasteiger partial charge in [0, 0.05) is 24.7 Å². The van der Waals surface area contributed by atoms with Crippen LogP contribution in [0.4, 0.5) is 5.69 Å². The van der Waals surface area contributed by atoms with Gasteiger partial charge in [-0.1, -0.05) is 60.7 Å². The molecule has 190 valence electrons.